The third-order valence-electron chi connectivity index (χ3n) is 1.62. The van der Waals surface area contributed by atoms with E-state index in [2.05, 4.69) is 5.10 Å². The SMILES string of the molecule is CC.Cc1ccn(CCCC(F)(F)F)n1. The molecule has 15 heavy (non-hydrogen) atoms. The summed E-state index contributed by atoms with van der Waals surface area (Å²) in [6.07, 6.45) is -3.02. The van der Waals surface area contributed by atoms with Crippen molar-refractivity contribution in [3.05, 3.63) is 18.0 Å². The van der Waals surface area contributed by atoms with Gasteiger partial charge in [0.2, 0.25) is 0 Å². The van der Waals surface area contributed by atoms with Gasteiger partial charge < -0.3 is 0 Å². The fraction of sp³-hybridized carbons (Fsp3) is 0.700. The zero-order valence-electron chi connectivity index (χ0n) is 9.30. The zero-order chi connectivity index (χ0) is 11.9. The first kappa shape index (κ1) is 14.0. The van der Waals surface area contributed by atoms with Crippen molar-refractivity contribution in [2.24, 2.45) is 0 Å². The van der Waals surface area contributed by atoms with E-state index in [0.717, 1.165) is 5.69 Å². The number of nitrogens with zero attached hydrogens (tertiary/aromatic N) is 2. The molecule has 1 rings (SSSR count). The maximum absolute atomic E-state index is 11.7. The Morgan fingerprint density at radius 2 is 1.93 bits per heavy atom. The van der Waals surface area contributed by atoms with Crippen LogP contribution in [0, 0.1) is 6.92 Å². The van der Waals surface area contributed by atoms with E-state index in [1.54, 1.807) is 19.2 Å². The van der Waals surface area contributed by atoms with Crippen LogP contribution in [-0.2, 0) is 6.54 Å². The highest BCUT2D eigenvalue weighted by molar-refractivity contribution is 4.94. The van der Waals surface area contributed by atoms with E-state index in [9.17, 15) is 13.2 Å². The van der Waals surface area contributed by atoms with Crippen LogP contribution in [0.15, 0.2) is 12.3 Å². The van der Waals surface area contributed by atoms with Gasteiger partial charge in [0.1, 0.15) is 0 Å². The summed E-state index contributed by atoms with van der Waals surface area (Å²) < 4.78 is 36.7. The van der Waals surface area contributed by atoms with Gasteiger partial charge in [-0.2, -0.15) is 18.3 Å². The number of rotatable bonds is 3. The van der Waals surface area contributed by atoms with Gasteiger partial charge in [-0.25, -0.2) is 0 Å². The van der Waals surface area contributed by atoms with Crippen LogP contribution in [0.2, 0.25) is 0 Å². The minimum absolute atomic E-state index is 0.0879. The monoisotopic (exact) mass is 222 g/mol. The van der Waals surface area contributed by atoms with Gasteiger partial charge in [-0.3, -0.25) is 4.68 Å². The van der Waals surface area contributed by atoms with Crippen LogP contribution >= 0.6 is 0 Å². The molecule has 0 saturated heterocycles. The number of alkyl halides is 3. The highest BCUT2D eigenvalue weighted by Crippen LogP contribution is 2.21. The molecule has 0 aliphatic rings. The Bertz CT molecular complexity index is 266. The lowest BCUT2D eigenvalue weighted by Crippen LogP contribution is -2.09. The molecule has 0 spiro atoms. The number of halogens is 3. The lowest BCUT2D eigenvalue weighted by Gasteiger charge is -2.05. The third-order valence-corrected chi connectivity index (χ3v) is 1.62. The van der Waals surface area contributed by atoms with Gasteiger partial charge in [-0.1, -0.05) is 13.8 Å². The van der Waals surface area contributed by atoms with Crippen LogP contribution in [0.25, 0.3) is 0 Å². The van der Waals surface area contributed by atoms with E-state index in [4.69, 9.17) is 0 Å². The Morgan fingerprint density at radius 1 is 1.33 bits per heavy atom. The van der Waals surface area contributed by atoms with E-state index < -0.39 is 12.6 Å². The molecule has 0 radical (unpaired) electrons. The second kappa shape index (κ2) is 6.48. The van der Waals surface area contributed by atoms with Crippen LogP contribution in [0.3, 0.4) is 0 Å². The van der Waals surface area contributed by atoms with Crippen LogP contribution in [0.1, 0.15) is 32.4 Å². The fourth-order valence-electron chi connectivity index (χ4n) is 1.03. The van der Waals surface area contributed by atoms with Crippen molar-refractivity contribution in [3.8, 4) is 0 Å². The molecule has 1 aromatic rings. The first-order chi connectivity index (χ1) is 6.97. The second-order valence-electron chi connectivity index (χ2n) is 2.94. The summed E-state index contributed by atoms with van der Waals surface area (Å²) in [5.41, 5.74) is 0.826. The standard InChI is InChI=1S/C8H11F3N2.C2H6/c1-7-3-6-13(12-7)5-2-4-8(9,10)11;1-2/h3,6H,2,4-5H2,1H3;1-2H3. The molecule has 1 aromatic heterocycles. The Labute approximate surface area is 88.1 Å². The summed E-state index contributed by atoms with van der Waals surface area (Å²) in [6.45, 7) is 6.13. The van der Waals surface area contributed by atoms with Crippen molar-refractivity contribution in [1.29, 1.82) is 0 Å². The first-order valence-corrected chi connectivity index (χ1v) is 5.04. The van der Waals surface area contributed by atoms with Crippen LogP contribution in [0.4, 0.5) is 13.2 Å². The Balaban J connectivity index is 0.000000921. The summed E-state index contributed by atoms with van der Waals surface area (Å²) in [5.74, 6) is 0. The van der Waals surface area contributed by atoms with Gasteiger partial charge in [0.15, 0.2) is 0 Å². The summed E-state index contributed by atoms with van der Waals surface area (Å²) in [7, 11) is 0. The third kappa shape index (κ3) is 6.99. The smallest absolute Gasteiger partial charge is 0.272 e. The molecule has 5 heteroatoms. The molecule has 0 aromatic carbocycles. The summed E-state index contributed by atoms with van der Waals surface area (Å²) >= 11 is 0. The lowest BCUT2D eigenvalue weighted by atomic mass is 10.3. The van der Waals surface area contributed by atoms with Crippen LogP contribution < -0.4 is 0 Å². The molecule has 0 amide bonds. The molecule has 1 heterocycles. The van der Waals surface area contributed by atoms with Crippen molar-refractivity contribution in [2.75, 3.05) is 0 Å². The number of aromatic nitrogens is 2. The molecule has 0 atom stereocenters. The number of hydrogen-bond donors (Lipinski definition) is 0. The van der Waals surface area contributed by atoms with Gasteiger partial charge in [-0.05, 0) is 19.4 Å². The molecule has 0 aliphatic carbocycles. The molecule has 2 nitrogen and oxygen atoms in total. The maximum Gasteiger partial charge on any atom is 0.389 e. The molecule has 0 unspecified atom stereocenters. The van der Waals surface area contributed by atoms with E-state index >= 15 is 0 Å². The predicted octanol–water partition coefficient (Wildman–Crippen LogP) is 3.56. The molecule has 88 valence electrons. The summed E-state index contributed by atoms with van der Waals surface area (Å²) in [4.78, 5) is 0. The normalized spacial score (nSPS) is 10.8. The van der Waals surface area contributed by atoms with E-state index in [1.807, 2.05) is 13.8 Å². The lowest BCUT2D eigenvalue weighted by molar-refractivity contribution is -0.136. The van der Waals surface area contributed by atoms with Gasteiger partial charge in [0.05, 0.1) is 5.69 Å². The van der Waals surface area contributed by atoms with Crippen molar-refractivity contribution >= 4 is 0 Å². The minimum Gasteiger partial charge on any atom is -0.272 e. The van der Waals surface area contributed by atoms with Gasteiger partial charge >= 0.3 is 6.18 Å². The molecule has 0 fully saturated rings. The first-order valence-electron chi connectivity index (χ1n) is 5.04. The maximum atomic E-state index is 11.7. The van der Waals surface area contributed by atoms with Crippen LogP contribution in [0.5, 0.6) is 0 Å². The predicted molar refractivity (Wildman–Crippen MR) is 53.6 cm³/mol. The molecular formula is C10H17F3N2. The average molecular weight is 222 g/mol. The van der Waals surface area contributed by atoms with Crippen LogP contribution in [-0.4, -0.2) is 16.0 Å². The molecule has 0 N–H and O–H groups in total. The Hall–Kier alpha value is -1.00. The van der Waals surface area contributed by atoms with Crippen molar-refractivity contribution in [2.45, 2.75) is 46.3 Å². The number of hydrogen-bond acceptors (Lipinski definition) is 1. The molecule has 0 bridgehead atoms. The van der Waals surface area contributed by atoms with Gasteiger partial charge in [0, 0.05) is 19.2 Å². The van der Waals surface area contributed by atoms with E-state index in [0.29, 0.717) is 6.54 Å². The minimum atomic E-state index is -4.05. The summed E-state index contributed by atoms with van der Waals surface area (Å²) in [6, 6.07) is 1.77. The number of aryl methyl sites for hydroxylation is 2. The quantitative estimate of drug-likeness (QED) is 0.764. The Morgan fingerprint density at radius 3 is 2.33 bits per heavy atom. The topological polar surface area (TPSA) is 17.8 Å². The zero-order valence-corrected chi connectivity index (χ0v) is 9.30. The largest absolute Gasteiger partial charge is 0.389 e. The highest BCUT2D eigenvalue weighted by atomic mass is 19.4. The average Bonchev–Trinajstić information content (AvgIpc) is 2.53. The van der Waals surface area contributed by atoms with E-state index in [1.165, 1.54) is 4.68 Å². The molecule has 0 saturated carbocycles. The molecule has 0 aliphatic heterocycles. The summed E-state index contributed by atoms with van der Waals surface area (Å²) in [5, 5.41) is 3.98. The highest BCUT2D eigenvalue weighted by Gasteiger charge is 2.25. The Kier molecular flexibility index (Phi) is 6.05. The molecular weight excluding hydrogens is 205 g/mol. The fourth-order valence-corrected chi connectivity index (χ4v) is 1.03. The van der Waals surface area contributed by atoms with Crippen molar-refractivity contribution in [3.63, 3.8) is 0 Å². The van der Waals surface area contributed by atoms with E-state index in [-0.39, 0.29) is 6.42 Å². The van der Waals surface area contributed by atoms with Crippen molar-refractivity contribution in [1.82, 2.24) is 9.78 Å². The van der Waals surface area contributed by atoms with Gasteiger partial charge in [-0.15, -0.1) is 0 Å². The van der Waals surface area contributed by atoms with Gasteiger partial charge in [0.25, 0.3) is 0 Å². The second-order valence-corrected chi connectivity index (χ2v) is 2.94. The van der Waals surface area contributed by atoms with Crippen molar-refractivity contribution < 1.29 is 13.2 Å².